The first kappa shape index (κ1) is 27.6. The number of nitrogens with one attached hydrogen (secondary N) is 1. The van der Waals surface area contributed by atoms with E-state index in [1.807, 2.05) is 12.1 Å². The smallest absolute Gasteiger partial charge is 0.433 e. The van der Waals surface area contributed by atoms with Crippen LogP contribution in [-0.2, 0) is 17.5 Å². The third kappa shape index (κ3) is 6.06. The number of methoxy groups -OCH3 is 1. The summed E-state index contributed by atoms with van der Waals surface area (Å²) in [6, 6.07) is 8.94. The first-order valence-corrected chi connectivity index (χ1v) is 11.0. The van der Waals surface area contributed by atoms with E-state index in [2.05, 4.69) is 15.3 Å². The van der Waals surface area contributed by atoms with Crippen molar-refractivity contribution in [2.45, 2.75) is 12.7 Å². The van der Waals surface area contributed by atoms with Gasteiger partial charge in [0.1, 0.15) is 17.1 Å². The zero-order valence-corrected chi connectivity index (χ0v) is 19.7. The molecule has 3 aromatic rings. The van der Waals surface area contributed by atoms with Crippen molar-refractivity contribution < 1.29 is 31.8 Å². The zero-order chi connectivity index (χ0) is 25.9. The third-order valence-electron chi connectivity index (χ3n) is 5.65. The van der Waals surface area contributed by atoms with Gasteiger partial charge in [0.05, 0.1) is 26.0 Å². The Bertz CT molecular complexity index is 1250. The van der Waals surface area contributed by atoms with Crippen LogP contribution in [0, 0.1) is 5.82 Å². The van der Waals surface area contributed by atoms with Gasteiger partial charge in [-0.15, -0.1) is 0 Å². The highest BCUT2D eigenvalue weighted by atomic mass is 19.4. The molecule has 0 saturated carbocycles. The second kappa shape index (κ2) is 11.4. The second-order valence-electron chi connectivity index (χ2n) is 7.94. The number of primary amides is 1. The number of halogens is 4. The topological polar surface area (TPSA) is 133 Å². The van der Waals surface area contributed by atoms with Crippen LogP contribution in [-0.4, -0.2) is 49.3 Å². The Morgan fingerprint density at radius 3 is 2.41 bits per heavy atom. The maximum absolute atomic E-state index is 15.9. The molecule has 13 heteroatoms. The van der Waals surface area contributed by atoms with Crippen molar-refractivity contribution in [3.05, 3.63) is 65.4 Å². The summed E-state index contributed by atoms with van der Waals surface area (Å²) in [7, 11) is 1.55. The van der Waals surface area contributed by atoms with E-state index in [0.717, 1.165) is 17.7 Å². The molecule has 2 aromatic heterocycles. The van der Waals surface area contributed by atoms with Crippen LogP contribution in [0.25, 0.3) is 11.1 Å². The lowest BCUT2D eigenvalue weighted by Crippen LogP contribution is -2.37. The number of benzene rings is 1. The molecule has 4 rings (SSSR count). The number of anilines is 2. The Morgan fingerprint density at radius 1 is 1.14 bits per heavy atom. The fourth-order valence-electron chi connectivity index (χ4n) is 3.85. The maximum Gasteiger partial charge on any atom is 0.433 e. The van der Waals surface area contributed by atoms with Gasteiger partial charge in [-0.3, -0.25) is 4.79 Å². The lowest BCUT2D eigenvalue weighted by Gasteiger charge is -2.31. The second-order valence-corrected chi connectivity index (χ2v) is 7.94. The SMILES string of the molecule is COc1ccc(CNc2ncc(-c3ccc(C(F)(F)F)nc3C(N)=O)c(N3CCOCC3)c2F)cc1.[N]. The van der Waals surface area contributed by atoms with E-state index in [-0.39, 0.29) is 35.3 Å². The number of alkyl halides is 3. The third-order valence-corrected chi connectivity index (χ3v) is 5.65. The van der Waals surface area contributed by atoms with E-state index in [9.17, 15) is 18.0 Å². The van der Waals surface area contributed by atoms with Crippen molar-refractivity contribution in [3.63, 3.8) is 0 Å². The number of hydrogen-bond donors (Lipinski definition) is 2. The number of amides is 1. The lowest BCUT2D eigenvalue weighted by atomic mass is 10.0. The van der Waals surface area contributed by atoms with E-state index >= 15 is 4.39 Å². The zero-order valence-electron chi connectivity index (χ0n) is 19.7. The molecule has 195 valence electrons. The van der Waals surface area contributed by atoms with Crippen LogP contribution in [0.3, 0.4) is 0 Å². The standard InChI is InChI=1S/C24H23F4N5O3.N/c1-35-15-4-2-14(3-5-15)12-30-23-19(25)21(33-8-10-36-11-9-33)17(13-31-23)16-6-7-18(24(26,27)28)32-20(16)22(29)34;/h2-7,13H,8-12H2,1H3,(H2,29,34)(H,30,31);. The molecule has 0 spiro atoms. The molecule has 3 heterocycles. The first-order valence-electron chi connectivity index (χ1n) is 11.0. The van der Waals surface area contributed by atoms with E-state index in [1.165, 1.54) is 6.20 Å². The normalized spacial score (nSPS) is 13.6. The fraction of sp³-hybridized carbons (Fsp3) is 0.292. The average Bonchev–Trinajstić information content (AvgIpc) is 2.87. The summed E-state index contributed by atoms with van der Waals surface area (Å²) in [5.74, 6) is -1.28. The van der Waals surface area contributed by atoms with E-state index in [1.54, 1.807) is 24.1 Å². The van der Waals surface area contributed by atoms with Crippen molar-refractivity contribution in [3.8, 4) is 16.9 Å². The largest absolute Gasteiger partial charge is 0.497 e. The fourth-order valence-corrected chi connectivity index (χ4v) is 3.85. The maximum atomic E-state index is 15.9. The Morgan fingerprint density at radius 2 is 1.81 bits per heavy atom. The molecule has 1 aliphatic rings. The quantitative estimate of drug-likeness (QED) is 0.457. The number of morpholine rings is 1. The number of pyridine rings is 2. The first-order chi connectivity index (χ1) is 17.2. The van der Waals surface area contributed by atoms with Crippen LogP contribution in [0.15, 0.2) is 42.6 Å². The van der Waals surface area contributed by atoms with Gasteiger partial charge in [-0.2, -0.15) is 13.2 Å². The number of nitrogens with two attached hydrogens (primary N) is 1. The molecule has 0 bridgehead atoms. The molecule has 37 heavy (non-hydrogen) atoms. The highest BCUT2D eigenvalue weighted by Gasteiger charge is 2.34. The van der Waals surface area contributed by atoms with Gasteiger partial charge in [-0.1, -0.05) is 12.1 Å². The van der Waals surface area contributed by atoms with E-state index < -0.39 is 29.3 Å². The molecule has 0 aliphatic carbocycles. The number of nitrogens with zero attached hydrogens (tertiary/aromatic N) is 4. The van der Waals surface area contributed by atoms with Gasteiger partial charge >= 0.3 is 6.18 Å². The summed E-state index contributed by atoms with van der Waals surface area (Å²) in [5, 5.41) is 2.95. The molecule has 1 saturated heterocycles. The van der Waals surface area contributed by atoms with Crippen molar-refractivity contribution in [2.75, 3.05) is 43.6 Å². The van der Waals surface area contributed by atoms with Gasteiger partial charge in [-0.25, -0.2) is 14.4 Å². The summed E-state index contributed by atoms with van der Waals surface area (Å²) in [4.78, 5) is 21.3. The minimum Gasteiger partial charge on any atom is -0.497 e. The Hall–Kier alpha value is -3.97. The van der Waals surface area contributed by atoms with E-state index in [0.29, 0.717) is 32.1 Å². The summed E-state index contributed by atoms with van der Waals surface area (Å²) in [6.45, 7) is 1.55. The molecule has 1 aliphatic heterocycles. The molecule has 0 unspecified atom stereocenters. The molecule has 1 fully saturated rings. The van der Waals surface area contributed by atoms with Crippen LogP contribution >= 0.6 is 0 Å². The van der Waals surface area contributed by atoms with Crippen LogP contribution in [0.2, 0.25) is 0 Å². The summed E-state index contributed by atoms with van der Waals surface area (Å²) in [6.07, 6.45) is -3.49. The molecular formula is C24H23F4N6O3. The predicted octanol–water partition coefficient (Wildman–Crippen LogP) is 3.38. The molecule has 1 amide bonds. The van der Waals surface area contributed by atoms with Gasteiger partial charge in [0.2, 0.25) is 0 Å². The molecule has 3 N–H and O–H groups in total. The van der Waals surface area contributed by atoms with Crippen LogP contribution in [0.1, 0.15) is 21.7 Å². The van der Waals surface area contributed by atoms with Gasteiger partial charge < -0.3 is 25.4 Å². The van der Waals surface area contributed by atoms with Gasteiger partial charge in [0.25, 0.3) is 5.91 Å². The number of carbonyl (C=O) groups is 1. The Labute approximate surface area is 210 Å². The van der Waals surface area contributed by atoms with E-state index in [4.69, 9.17) is 15.2 Å². The highest BCUT2D eigenvalue weighted by Crippen LogP contribution is 2.38. The van der Waals surface area contributed by atoms with Crippen LogP contribution in [0.5, 0.6) is 5.75 Å². The average molecular weight is 519 g/mol. The van der Waals surface area contributed by atoms with Crippen molar-refractivity contribution in [2.24, 2.45) is 5.73 Å². The Kier molecular flexibility index (Phi) is 8.50. The van der Waals surface area contributed by atoms with Gasteiger partial charge in [0, 0.05) is 43.1 Å². The molecule has 3 radical (unpaired) electrons. The number of aromatic nitrogens is 2. The monoisotopic (exact) mass is 519 g/mol. The van der Waals surface area contributed by atoms with Crippen molar-refractivity contribution in [1.29, 1.82) is 0 Å². The van der Waals surface area contributed by atoms with Gasteiger partial charge in [0.15, 0.2) is 11.6 Å². The highest BCUT2D eigenvalue weighted by molar-refractivity contribution is 6.00. The summed E-state index contributed by atoms with van der Waals surface area (Å²) in [5.41, 5.74) is 4.41. The molecule has 0 atom stereocenters. The number of hydrogen-bond acceptors (Lipinski definition) is 7. The number of carbonyl (C=O) groups excluding carboxylic acids is 1. The molecular weight excluding hydrogens is 496 g/mol. The van der Waals surface area contributed by atoms with Crippen molar-refractivity contribution in [1.82, 2.24) is 16.1 Å². The van der Waals surface area contributed by atoms with Crippen LogP contribution in [0.4, 0.5) is 29.1 Å². The number of ether oxygens (including phenoxy) is 2. The molecule has 1 aromatic carbocycles. The minimum absolute atomic E-state index is 0. The Balaban J connectivity index is 0.00000380. The van der Waals surface area contributed by atoms with Crippen LogP contribution < -0.4 is 26.8 Å². The van der Waals surface area contributed by atoms with Gasteiger partial charge in [-0.05, 0) is 29.8 Å². The minimum atomic E-state index is -4.78. The number of rotatable bonds is 7. The summed E-state index contributed by atoms with van der Waals surface area (Å²) >= 11 is 0. The van der Waals surface area contributed by atoms with Crippen molar-refractivity contribution >= 4 is 17.4 Å². The lowest BCUT2D eigenvalue weighted by molar-refractivity contribution is -0.141. The molecule has 9 nitrogen and oxygen atoms in total. The summed E-state index contributed by atoms with van der Waals surface area (Å²) < 4.78 is 66.0. The predicted molar refractivity (Wildman–Crippen MR) is 126 cm³/mol.